The van der Waals surface area contributed by atoms with Crippen molar-refractivity contribution in [2.24, 2.45) is 5.92 Å². The second-order valence-corrected chi connectivity index (χ2v) is 4.44. The number of rotatable bonds is 3. The minimum absolute atomic E-state index is 0.0424. The zero-order chi connectivity index (χ0) is 11.1. The molecule has 1 fully saturated rings. The van der Waals surface area contributed by atoms with Crippen LogP contribution in [-0.2, 0) is 16.1 Å². The standard InChI is InChI=1S/C12H10ClNO2/c13-8-3-1-2-7(4-8)6-16-10-5-9-11(10)12(15)14-9/h1-5,9,11H,6H2,(H,14,15)/t9-,11-/m1/s1. The molecule has 0 saturated carbocycles. The van der Waals surface area contributed by atoms with Gasteiger partial charge in [0.2, 0.25) is 5.91 Å². The highest BCUT2D eigenvalue weighted by Gasteiger charge is 2.49. The lowest BCUT2D eigenvalue weighted by molar-refractivity contribution is -0.136. The van der Waals surface area contributed by atoms with Crippen LogP contribution in [0.1, 0.15) is 5.56 Å². The van der Waals surface area contributed by atoms with E-state index in [1.165, 1.54) is 0 Å². The third kappa shape index (κ3) is 1.48. The van der Waals surface area contributed by atoms with E-state index >= 15 is 0 Å². The summed E-state index contributed by atoms with van der Waals surface area (Å²) >= 11 is 5.86. The minimum Gasteiger partial charge on any atom is -0.493 e. The Balaban J connectivity index is 1.62. The quantitative estimate of drug-likeness (QED) is 0.813. The molecule has 2 atom stereocenters. The number of halogens is 1. The summed E-state index contributed by atoms with van der Waals surface area (Å²) in [6.07, 6.45) is 1.94. The molecule has 0 radical (unpaired) electrons. The molecule has 1 N–H and O–H groups in total. The van der Waals surface area contributed by atoms with Gasteiger partial charge in [0.05, 0.1) is 6.04 Å². The highest BCUT2D eigenvalue weighted by molar-refractivity contribution is 6.30. The molecule has 3 nitrogen and oxygen atoms in total. The molecular weight excluding hydrogens is 226 g/mol. The van der Waals surface area contributed by atoms with E-state index in [-0.39, 0.29) is 17.9 Å². The van der Waals surface area contributed by atoms with Crippen LogP contribution in [0.5, 0.6) is 0 Å². The fraction of sp³-hybridized carbons (Fsp3) is 0.250. The van der Waals surface area contributed by atoms with Crippen LogP contribution in [0.3, 0.4) is 0 Å². The molecule has 0 spiro atoms. The van der Waals surface area contributed by atoms with Gasteiger partial charge in [-0.15, -0.1) is 0 Å². The first-order valence-electron chi connectivity index (χ1n) is 5.13. The van der Waals surface area contributed by atoms with E-state index < -0.39 is 0 Å². The Bertz CT molecular complexity index is 484. The fourth-order valence-electron chi connectivity index (χ4n) is 1.94. The number of benzene rings is 1. The maximum Gasteiger partial charge on any atom is 0.233 e. The molecule has 1 amide bonds. The molecule has 82 valence electrons. The number of fused-ring (bicyclic) bond motifs is 1. The van der Waals surface area contributed by atoms with Crippen molar-refractivity contribution in [1.82, 2.24) is 5.32 Å². The summed E-state index contributed by atoms with van der Waals surface area (Å²) in [5, 5.41) is 3.46. The Morgan fingerprint density at radius 1 is 1.44 bits per heavy atom. The van der Waals surface area contributed by atoms with Crippen molar-refractivity contribution >= 4 is 17.5 Å². The molecule has 3 rings (SSSR count). The molecule has 0 unspecified atom stereocenters. The Kier molecular flexibility index (Phi) is 2.14. The van der Waals surface area contributed by atoms with Gasteiger partial charge in [-0.05, 0) is 23.8 Å². The number of nitrogens with one attached hydrogen (secondary N) is 1. The largest absolute Gasteiger partial charge is 0.493 e. The van der Waals surface area contributed by atoms with E-state index in [4.69, 9.17) is 16.3 Å². The molecule has 1 aliphatic carbocycles. The summed E-state index contributed by atoms with van der Waals surface area (Å²) in [5.41, 5.74) is 1.01. The summed E-state index contributed by atoms with van der Waals surface area (Å²) in [4.78, 5) is 11.1. The zero-order valence-electron chi connectivity index (χ0n) is 8.44. The average Bonchev–Trinajstić information content (AvgIpc) is 2.22. The molecule has 1 aliphatic heterocycles. The minimum atomic E-state index is -0.0424. The van der Waals surface area contributed by atoms with Crippen molar-refractivity contribution in [1.29, 1.82) is 0 Å². The van der Waals surface area contributed by atoms with Crippen molar-refractivity contribution in [3.63, 3.8) is 0 Å². The molecule has 1 heterocycles. The smallest absolute Gasteiger partial charge is 0.233 e. The van der Waals surface area contributed by atoms with Gasteiger partial charge in [-0.1, -0.05) is 23.7 Å². The van der Waals surface area contributed by atoms with Gasteiger partial charge in [0.25, 0.3) is 0 Å². The van der Waals surface area contributed by atoms with Crippen molar-refractivity contribution < 1.29 is 9.53 Å². The molecule has 16 heavy (non-hydrogen) atoms. The van der Waals surface area contributed by atoms with Crippen LogP contribution in [0, 0.1) is 5.92 Å². The lowest BCUT2D eigenvalue weighted by Crippen LogP contribution is -2.63. The summed E-state index contributed by atoms with van der Waals surface area (Å²) in [5.74, 6) is 0.807. The number of hydrogen-bond donors (Lipinski definition) is 1. The van der Waals surface area contributed by atoms with Crippen LogP contribution < -0.4 is 5.32 Å². The lowest BCUT2D eigenvalue weighted by Gasteiger charge is -2.43. The lowest BCUT2D eigenvalue weighted by atomic mass is 9.78. The highest BCUT2D eigenvalue weighted by Crippen LogP contribution is 2.35. The zero-order valence-corrected chi connectivity index (χ0v) is 9.20. The molecular formula is C12H10ClNO2. The Morgan fingerprint density at radius 2 is 2.31 bits per heavy atom. The molecule has 4 heteroatoms. The van der Waals surface area contributed by atoms with Crippen LogP contribution in [0.2, 0.25) is 5.02 Å². The second kappa shape index (κ2) is 3.52. The van der Waals surface area contributed by atoms with E-state index in [2.05, 4.69) is 5.32 Å². The Labute approximate surface area is 98.0 Å². The van der Waals surface area contributed by atoms with Gasteiger partial charge >= 0.3 is 0 Å². The van der Waals surface area contributed by atoms with Crippen molar-refractivity contribution in [3.8, 4) is 0 Å². The van der Waals surface area contributed by atoms with E-state index in [1.807, 2.05) is 30.3 Å². The highest BCUT2D eigenvalue weighted by atomic mass is 35.5. The van der Waals surface area contributed by atoms with E-state index in [9.17, 15) is 4.79 Å². The second-order valence-electron chi connectivity index (χ2n) is 4.00. The summed E-state index contributed by atoms with van der Waals surface area (Å²) < 4.78 is 5.56. The van der Waals surface area contributed by atoms with Crippen LogP contribution in [0.25, 0.3) is 0 Å². The Hall–Kier alpha value is -1.48. The summed E-state index contributed by atoms with van der Waals surface area (Å²) in [7, 11) is 0. The molecule has 0 aromatic heterocycles. The first-order chi connectivity index (χ1) is 7.74. The fourth-order valence-corrected chi connectivity index (χ4v) is 2.15. The van der Waals surface area contributed by atoms with Crippen LogP contribution in [-0.4, -0.2) is 11.9 Å². The van der Waals surface area contributed by atoms with Gasteiger partial charge in [-0.2, -0.15) is 0 Å². The third-order valence-electron chi connectivity index (χ3n) is 2.90. The molecule has 2 aliphatic rings. The van der Waals surface area contributed by atoms with Crippen molar-refractivity contribution in [3.05, 3.63) is 46.7 Å². The number of carbonyl (C=O) groups excluding carboxylic acids is 1. The third-order valence-corrected chi connectivity index (χ3v) is 3.13. The van der Waals surface area contributed by atoms with Gasteiger partial charge in [0.1, 0.15) is 18.3 Å². The number of carbonyl (C=O) groups is 1. The van der Waals surface area contributed by atoms with Gasteiger partial charge < -0.3 is 10.1 Å². The van der Waals surface area contributed by atoms with Crippen LogP contribution >= 0.6 is 11.6 Å². The monoisotopic (exact) mass is 235 g/mol. The normalized spacial score (nSPS) is 25.8. The first kappa shape index (κ1) is 9.73. The van der Waals surface area contributed by atoms with Crippen molar-refractivity contribution in [2.45, 2.75) is 12.6 Å². The maximum atomic E-state index is 11.1. The van der Waals surface area contributed by atoms with E-state index in [0.29, 0.717) is 11.6 Å². The van der Waals surface area contributed by atoms with Gasteiger partial charge in [0, 0.05) is 5.02 Å². The molecule has 0 bridgehead atoms. The number of hydrogen-bond acceptors (Lipinski definition) is 2. The average molecular weight is 236 g/mol. The van der Waals surface area contributed by atoms with Crippen LogP contribution in [0.15, 0.2) is 36.1 Å². The predicted octanol–water partition coefficient (Wildman–Crippen LogP) is 1.87. The summed E-state index contributed by atoms with van der Waals surface area (Å²) in [6.45, 7) is 0.461. The SMILES string of the molecule is O=C1N[C@@H]2C=C(OCc3cccc(Cl)c3)[C@H]12. The van der Waals surface area contributed by atoms with Crippen LogP contribution in [0.4, 0.5) is 0 Å². The maximum absolute atomic E-state index is 11.1. The van der Waals surface area contributed by atoms with Gasteiger partial charge in [0.15, 0.2) is 0 Å². The first-order valence-corrected chi connectivity index (χ1v) is 5.51. The van der Waals surface area contributed by atoms with Gasteiger partial charge in [-0.25, -0.2) is 0 Å². The van der Waals surface area contributed by atoms with Crippen molar-refractivity contribution in [2.75, 3.05) is 0 Å². The molecule has 1 aromatic carbocycles. The number of amides is 1. The predicted molar refractivity (Wildman–Crippen MR) is 59.7 cm³/mol. The number of β-lactam (4-membered cyclic amide) rings is 1. The summed E-state index contributed by atoms with van der Waals surface area (Å²) in [6, 6.07) is 7.72. The Morgan fingerprint density at radius 3 is 3.00 bits per heavy atom. The molecule has 1 aromatic rings. The molecule has 1 saturated heterocycles. The topological polar surface area (TPSA) is 38.3 Å². The number of ether oxygens (including phenoxy) is 1. The van der Waals surface area contributed by atoms with E-state index in [1.54, 1.807) is 0 Å². The van der Waals surface area contributed by atoms with Gasteiger partial charge in [-0.3, -0.25) is 4.79 Å². The van der Waals surface area contributed by atoms with E-state index in [0.717, 1.165) is 11.3 Å².